The van der Waals surface area contributed by atoms with E-state index in [-0.39, 0.29) is 40.7 Å². The highest BCUT2D eigenvalue weighted by Crippen LogP contribution is 2.18. The fraction of sp³-hybridized carbons (Fsp3) is 0.611. The number of para-hydroxylation sites is 1. The Morgan fingerprint density at radius 1 is 1.33 bits per heavy atom. The van der Waals surface area contributed by atoms with Crippen LogP contribution in [-0.4, -0.2) is 62.3 Å². The zero-order valence-electron chi connectivity index (χ0n) is 15.9. The van der Waals surface area contributed by atoms with Crippen molar-refractivity contribution in [2.45, 2.75) is 31.9 Å². The van der Waals surface area contributed by atoms with Crippen LogP contribution in [0, 0.1) is 10.1 Å². The molecule has 0 aliphatic carbocycles. The number of hydrogen-bond acceptors (Lipinski definition) is 5. The first-order chi connectivity index (χ1) is 12.7. The van der Waals surface area contributed by atoms with E-state index in [0.29, 0.717) is 12.1 Å². The Kier molecular flexibility index (Phi) is 11.2. The molecule has 1 aromatic rings. The summed E-state index contributed by atoms with van der Waals surface area (Å²) in [4.78, 5) is 17.2. The monoisotopic (exact) mass is 492 g/mol. The van der Waals surface area contributed by atoms with Gasteiger partial charge < -0.3 is 19.7 Å². The number of nitrogens with one attached hydrogen (secondary N) is 1. The van der Waals surface area contributed by atoms with Crippen molar-refractivity contribution in [3.8, 4) is 0 Å². The number of benzene rings is 1. The maximum absolute atomic E-state index is 11.1. The van der Waals surface area contributed by atoms with E-state index in [1.54, 1.807) is 32.4 Å². The number of piperidine rings is 1. The lowest BCUT2D eigenvalue weighted by Crippen LogP contribution is -2.46. The van der Waals surface area contributed by atoms with E-state index in [9.17, 15) is 10.1 Å². The summed E-state index contributed by atoms with van der Waals surface area (Å²) in [5, 5.41) is 14.4. The Bertz CT molecular complexity index is 607. The third kappa shape index (κ3) is 7.59. The fourth-order valence-electron chi connectivity index (χ4n) is 3.03. The molecule has 0 radical (unpaired) electrons. The molecule has 1 heterocycles. The molecule has 8 nitrogen and oxygen atoms in total. The molecule has 9 heteroatoms. The smallest absolute Gasteiger partial charge is 0.274 e. The van der Waals surface area contributed by atoms with Gasteiger partial charge in [0.2, 0.25) is 0 Å². The molecule has 1 aliphatic rings. The van der Waals surface area contributed by atoms with E-state index in [0.717, 1.165) is 51.5 Å². The van der Waals surface area contributed by atoms with Crippen molar-refractivity contribution in [2.75, 3.05) is 40.5 Å². The molecule has 0 bridgehead atoms. The minimum absolute atomic E-state index is 0. The second-order valence-corrected chi connectivity index (χ2v) is 6.19. The zero-order valence-corrected chi connectivity index (χ0v) is 18.3. The molecule has 1 N–H and O–H groups in total. The molecule has 152 valence electrons. The average Bonchev–Trinajstić information content (AvgIpc) is 2.67. The average molecular weight is 492 g/mol. The summed E-state index contributed by atoms with van der Waals surface area (Å²) in [6.07, 6.45) is 3.07. The molecule has 1 saturated heterocycles. The van der Waals surface area contributed by atoms with Gasteiger partial charge in [0.15, 0.2) is 5.96 Å². The Hall–Kier alpha value is -1.46. The predicted molar refractivity (Wildman–Crippen MR) is 116 cm³/mol. The van der Waals surface area contributed by atoms with Gasteiger partial charge >= 0.3 is 0 Å². The van der Waals surface area contributed by atoms with Crippen molar-refractivity contribution < 1.29 is 14.4 Å². The molecule has 0 unspecified atom stereocenters. The number of methoxy groups -OCH3 is 1. The van der Waals surface area contributed by atoms with Crippen molar-refractivity contribution in [1.29, 1.82) is 0 Å². The Balaban J connectivity index is 0.00000364. The van der Waals surface area contributed by atoms with Crippen LogP contribution in [0.2, 0.25) is 0 Å². The maximum Gasteiger partial charge on any atom is 0.274 e. The molecule has 0 amide bonds. The number of hydrogen-bond donors (Lipinski definition) is 1. The summed E-state index contributed by atoms with van der Waals surface area (Å²) in [6, 6.07) is 6.76. The third-order valence-electron chi connectivity index (χ3n) is 4.42. The van der Waals surface area contributed by atoms with Gasteiger partial charge in [-0.1, -0.05) is 18.2 Å². The van der Waals surface area contributed by atoms with E-state index in [4.69, 9.17) is 9.47 Å². The van der Waals surface area contributed by atoms with Gasteiger partial charge in [-0.15, -0.1) is 24.0 Å². The van der Waals surface area contributed by atoms with E-state index in [1.165, 1.54) is 6.07 Å². The number of ether oxygens (including phenoxy) is 2. The van der Waals surface area contributed by atoms with Crippen LogP contribution in [0.15, 0.2) is 29.3 Å². The number of nitrogens with zero attached hydrogens (tertiary/aromatic N) is 3. The van der Waals surface area contributed by atoms with Crippen LogP contribution in [0.25, 0.3) is 0 Å². The van der Waals surface area contributed by atoms with E-state index in [2.05, 4.69) is 15.2 Å². The van der Waals surface area contributed by atoms with Crippen molar-refractivity contribution in [3.05, 3.63) is 39.9 Å². The van der Waals surface area contributed by atoms with E-state index in [1.807, 2.05) is 0 Å². The standard InChI is InChI=1S/C18H28N4O4.HI/c1-19-18(20-14-15-6-3-4-7-17(15)22(23)24)21-10-8-16(9-11-21)26-13-5-12-25-2;/h3-4,6-7,16H,5,8-14H2,1-2H3,(H,19,20);1H. The minimum Gasteiger partial charge on any atom is -0.385 e. The number of likely N-dealkylation sites (tertiary alicyclic amines) is 1. The van der Waals surface area contributed by atoms with E-state index < -0.39 is 0 Å². The molecule has 1 fully saturated rings. The first-order valence-corrected chi connectivity index (χ1v) is 8.94. The second-order valence-electron chi connectivity index (χ2n) is 6.19. The number of nitro benzene ring substituents is 1. The number of nitro groups is 1. The molecule has 2 rings (SSSR count). The van der Waals surface area contributed by atoms with Crippen LogP contribution in [0.3, 0.4) is 0 Å². The summed E-state index contributed by atoms with van der Waals surface area (Å²) in [7, 11) is 3.43. The van der Waals surface area contributed by atoms with Crippen LogP contribution < -0.4 is 5.32 Å². The fourth-order valence-corrected chi connectivity index (χ4v) is 3.03. The zero-order chi connectivity index (χ0) is 18.8. The normalized spacial score (nSPS) is 15.3. The lowest BCUT2D eigenvalue weighted by Gasteiger charge is -2.34. The molecular formula is C18H29IN4O4. The number of guanidine groups is 1. The van der Waals surface area contributed by atoms with Gasteiger partial charge in [0.25, 0.3) is 5.69 Å². The summed E-state index contributed by atoms with van der Waals surface area (Å²) < 4.78 is 10.9. The number of halogens is 1. The van der Waals surface area contributed by atoms with Gasteiger partial charge in [0.1, 0.15) is 0 Å². The lowest BCUT2D eigenvalue weighted by molar-refractivity contribution is -0.385. The highest BCUT2D eigenvalue weighted by atomic mass is 127. The molecule has 0 spiro atoms. The molecule has 27 heavy (non-hydrogen) atoms. The topological polar surface area (TPSA) is 89.2 Å². The molecular weight excluding hydrogens is 463 g/mol. The summed E-state index contributed by atoms with van der Waals surface area (Å²) in [5.74, 6) is 0.765. The van der Waals surface area contributed by atoms with Gasteiger partial charge in [-0.3, -0.25) is 15.1 Å². The minimum atomic E-state index is -0.355. The Morgan fingerprint density at radius 3 is 2.67 bits per heavy atom. The van der Waals surface area contributed by atoms with Crippen LogP contribution in [0.1, 0.15) is 24.8 Å². The van der Waals surface area contributed by atoms with Gasteiger partial charge in [-0.25, -0.2) is 0 Å². The molecule has 1 aliphatic heterocycles. The Labute approximate surface area is 177 Å². The second kappa shape index (κ2) is 12.8. The van der Waals surface area contributed by atoms with Crippen molar-refractivity contribution in [3.63, 3.8) is 0 Å². The first-order valence-electron chi connectivity index (χ1n) is 8.94. The van der Waals surface area contributed by atoms with Crippen molar-refractivity contribution >= 4 is 35.6 Å². The molecule has 0 aromatic heterocycles. The van der Waals surface area contributed by atoms with Gasteiger partial charge in [0.05, 0.1) is 11.0 Å². The highest BCUT2D eigenvalue weighted by molar-refractivity contribution is 14.0. The van der Waals surface area contributed by atoms with Crippen LogP contribution >= 0.6 is 24.0 Å². The van der Waals surface area contributed by atoms with Crippen LogP contribution in [0.5, 0.6) is 0 Å². The molecule has 0 saturated carbocycles. The quantitative estimate of drug-likeness (QED) is 0.150. The summed E-state index contributed by atoms with van der Waals surface area (Å²) >= 11 is 0. The first kappa shape index (κ1) is 23.6. The van der Waals surface area contributed by atoms with Crippen molar-refractivity contribution in [2.24, 2.45) is 4.99 Å². The summed E-state index contributed by atoms with van der Waals surface area (Å²) in [5.41, 5.74) is 0.772. The lowest BCUT2D eigenvalue weighted by atomic mass is 10.1. The van der Waals surface area contributed by atoms with Gasteiger partial charge in [-0.2, -0.15) is 0 Å². The molecule has 1 aromatic carbocycles. The Morgan fingerprint density at radius 2 is 2.04 bits per heavy atom. The highest BCUT2D eigenvalue weighted by Gasteiger charge is 2.22. The van der Waals surface area contributed by atoms with Crippen LogP contribution in [-0.2, 0) is 16.0 Å². The maximum atomic E-state index is 11.1. The number of rotatable bonds is 8. The SMILES string of the molecule is CN=C(NCc1ccccc1[N+](=O)[O-])N1CCC(OCCCOC)CC1.I. The van der Waals surface area contributed by atoms with Gasteiger partial charge in [-0.05, 0) is 19.3 Å². The van der Waals surface area contributed by atoms with Crippen LogP contribution in [0.4, 0.5) is 5.69 Å². The third-order valence-corrected chi connectivity index (χ3v) is 4.42. The predicted octanol–water partition coefficient (Wildman–Crippen LogP) is 2.81. The number of aliphatic imine (C=N–C) groups is 1. The molecule has 0 atom stereocenters. The largest absolute Gasteiger partial charge is 0.385 e. The van der Waals surface area contributed by atoms with E-state index >= 15 is 0 Å². The summed E-state index contributed by atoms with van der Waals surface area (Å²) in [6.45, 7) is 3.53. The van der Waals surface area contributed by atoms with Gasteiger partial charge in [0, 0.05) is 58.6 Å². The van der Waals surface area contributed by atoms with Crippen molar-refractivity contribution in [1.82, 2.24) is 10.2 Å².